The number of hydrogen-bond acceptors (Lipinski definition) is 5. The Balaban J connectivity index is 1.57. The van der Waals surface area contributed by atoms with Crippen LogP contribution in [-0.2, 0) is 31.2 Å². The Bertz CT molecular complexity index is 1070. The predicted molar refractivity (Wildman–Crippen MR) is 106 cm³/mol. The van der Waals surface area contributed by atoms with Crippen LogP contribution in [0.5, 0.6) is 0 Å². The Labute approximate surface area is 159 Å². The van der Waals surface area contributed by atoms with Crippen molar-refractivity contribution in [2.24, 2.45) is 14.1 Å². The zero-order valence-electron chi connectivity index (χ0n) is 15.2. The van der Waals surface area contributed by atoms with Crippen LogP contribution in [0.1, 0.15) is 5.56 Å². The summed E-state index contributed by atoms with van der Waals surface area (Å²) in [5.74, 6) is 1.49. The van der Waals surface area contributed by atoms with E-state index in [-0.39, 0.29) is 23.6 Å². The molecular formula is C18H21N5O3S. The number of aromatic nitrogens is 4. The Morgan fingerprint density at radius 2 is 1.89 bits per heavy atom. The van der Waals surface area contributed by atoms with Gasteiger partial charge in [0.15, 0.2) is 11.2 Å². The molecule has 0 saturated carbocycles. The Morgan fingerprint density at radius 1 is 1.15 bits per heavy atom. The number of fused-ring (bicyclic) bond motifs is 1. The number of nitrogens with zero attached hydrogens (tertiary/aromatic N) is 4. The van der Waals surface area contributed by atoms with Gasteiger partial charge in [-0.05, 0) is 5.56 Å². The molecule has 9 heteroatoms. The fourth-order valence-electron chi connectivity index (χ4n) is 2.75. The number of rotatable bonds is 7. The van der Waals surface area contributed by atoms with Crippen LogP contribution >= 0.6 is 11.8 Å². The maximum absolute atomic E-state index is 12.4. The van der Waals surface area contributed by atoms with Gasteiger partial charge in [-0.25, -0.2) is 9.78 Å². The van der Waals surface area contributed by atoms with E-state index in [1.165, 1.54) is 28.1 Å². The minimum atomic E-state index is -0.461. The molecule has 27 heavy (non-hydrogen) atoms. The van der Waals surface area contributed by atoms with Crippen LogP contribution < -0.4 is 16.6 Å². The van der Waals surface area contributed by atoms with Gasteiger partial charge in [-0.3, -0.25) is 18.7 Å². The van der Waals surface area contributed by atoms with Gasteiger partial charge in [-0.15, -0.1) is 0 Å². The molecule has 0 aliphatic rings. The SMILES string of the molecule is Cn1c(=O)c2c(ncn2CC(=O)NCCSCc2ccccc2)n(C)c1=O. The van der Waals surface area contributed by atoms with Gasteiger partial charge in [0.25, 0.3) is 5.56 Å². The predicted octanol–water partition coefficient (Wildman–Crippen LogP) is 0.483. The number of nitrogens with one attached hydrogen (secondary N) is 1. The molecule has 0 saturated heterocycles. The van der Waals surface area contributed by atoms with E-state index in [1.807, 2.05) is 18.2 Å². The molecule has 142 valence electrons. The molecule has 0 spiro atoms. The molecule has 2 aromatic heterocycles. The number of thioether (sulfide) groups is 1. The minimum absolute atomic E-state index is 0.0205. The van der Waals surface area contributed by atoms with Crippen molar-refractivity contribution in [1.29, 1.82) is 0 Å². The van der Waals surface area contributed by atoms with Crippen molar-refractivity contribution in [1.82, 2.24) is 24.0 Å². The van der Waals surface area contributed by atoms with Gasteiger partial charge in [0.1, 0.15) is 6.54 Å². The van der Waals surface area contributed by atoms with E-state index >= 15 is 0 Å². The number of amides is 1. The summed E-state index contributed by atoms with van der Waals surface area (Å²) in [6.07, 6.45) is 1.41. The van der Waals surface area contributed by atoms with Crippen LogP contribution in [0.4, 0.5) is 0 Å². The first-order valence-corrected chi connectivity index (χ1v) is 9.63. The average Bonchev–Trinajstić information content (AvgIpc) is 3.09. The molecule has 1 amide bonds. The summed E-state index contributed by atoms with van der Waals surface area (Å²) < 4.78 is 3.79. The topological polar surface area (TPSA) is 90.9 Å². The van der Waals surface area contributed by atoms with Crippen LogP contribution in [0.3, 0.4) is 0 Å². The summed E-state index contributed by atoms with van der Waals surface area (Å²) in [7, 11) is 2.96. The molecule has 1 aromatic carbocycles. The van der Waals surface area contributed by atoms with Crippen molar-refractivity contribution >= 4 is 28.8 Å². The molecule has 0 atom stereocenters. The minimum Gasteiger partial charge on any atom is -0.354 e. The molecule has 1 N–H and O–H groups in total. The number of aryl methyl sites for hydroxylation is 1. The number of hydrogen-bond donors (Lipinski definition) is 1. The third-order valence-corrected chi connectivity index (χ3v) is 5.24. The van der Waals surface area contributed by atoms with Gasteiger partial charge < -0.3 is 9.88 Å². The summed E-state index contributed by atoms with van der Waals surface area (Å²) in [5, 5.41) is 2.85. The van der Waals surface area contributed by atoms with Crippen LogP contribution in [0, 0.1) is 0 Å². The first kappa shape index (κ1) is 19.0. The fourth-order valence-corrected chi connectivity index (χ4v) is 3.57. The molecular weight excluding hydrogens is 366 g/mol. The lowest BCUT2D eigenvalue weighted by Gasteiger charge is -2.08. The van der Waals surface area contributed by atoms with Gasteiger partial charge in [0, 0.05) is 32.1 Å². The van der Waals surface area contributed by atoms with E-state index in [4.69, 9.17) is 0 Å². The monoisotopic (exact) mass is 387 g/mol. The van der Waals surface area contributed by atoms with Crippen LogP contribution in [0.2, 0.25) is 0 Å². The van der Waals surface area contributed by atoms with Crippen molar-refractivity contribution in [3.63, 3.8) is 0 Å². The highest BCUT2D eigenvalue weighted by atomic mass is 32.2. The highest BCUT2D eigenvalue weighted by Gasteiger charge is 2.15. The molecule has 0 bridgehead atoms. The van der Waals surface area contributed by atoms with Crippen molar-refractivity contribution in [2.45, 2.75) is 12.3 Å². The average molecular weight is 387 g/mol. The first-order valence-electron chi connectivity index (χ1n) is 8.48. The second-order valence-electron chi connectivity index (χ2n) is 6.14. The van der Waals surface area contributed by atoms with Gasteiger partial charge >= 0.3 is 5.69 Å². The molecule has 8 nitrogen and oxygen atoms in total. The maximum atomic E-state index is 12.4. The quantitative estimate of drug-likeness (QED) is 0.596. The molecule has 3 rings (SSSR count). The Hall–Kier alpha value is -2.81. The number of benzene rings is 1. The summed E-state index contributed by atoms with van der Waals surface area (Å²) in [6.45, 7) is 0.521. The fraction of sp³-hybridized carbons (Fsp3) is 0.333. The molecule has 2 heterocycles. The summed E-state index contributed by atoms with van der Waals surface area (Å²) in [6, 6.07) is 10.1. The van der Waals surface area contributed by atoms with E-state index in [0.717, 1.165) is 16.1 Å². The molecule has 0 unspecified atom stereocenters. The molecule has 0 fully saturated rings. The Morgan fingerprint density at radius 3 is 2.63 bits per heavy atom. The standard InChI is InChI=1S/C18H21N5O3S/c1-21-16-15(17(25)22(2)18(21)26)23(12-20-16)10-14(24)19-8-9-27-11-13-6-4-3-5-7-13/h3-7,12H,8-11H2,1-2H3,(H,19,24). The summed E-state index contributed by atoms with van der Waals surface area (Å²) in [5.41, 5.74) is 0.858. The Kier molecular flexibility index (Phi) is 5.80. The van der Waals surface area contributed by atoms with Crippen molar-refractivity contribution in [3.8, 4) is 0 Å². The third kappa shape index (κ3) is 4.13. The van der Waals surface area contributed by atoms with E-state index < -0.39 is 11.2 Å². The van der Waals surface area contributed by atoms with Crippen LogP contribution in [-0.4, -0.2) is 36.9 Å². The number of carbonyl (C=O) groups excluding carboxylic acids is 1. The highest BCUT2D eigenvalue weighted by molar-refractivity contribution is 7.98. The van der Waals surface area contributed by atoms with Gasteiger partial charge in [-0.2, -0.15) is 11.8 Å². The van der Waals surface area contributed by atoms with E-state index in [9.17, 15) is 14.4 Å². The maximum Gasteiger partial charge on any atom is 0.332 e. The molecule has 0 radical (unpaired) electrons. The zero-order valence-corrected chi connectivity index (χ0v) is 16.0. The van der Waals surface area contributed by atoms with Crippen molar-refractivity contribution < 1.29 is 4.79 Å². The van der Waals surface area contributed by atoms with Gasteiger partial charge in [0.05, 0.1) is 6.33 Å². The smallest absolute Gasteiger partial charge is 0.332 e. The lowest BCUT2D eigenvalue weighted by molar-refractivity contribution is -0.121. The van der Waals surface area contributed by atoms with Crippen molar-refractivity contribution in [3.05, 3.63) is 63.1 Å². The van der Waals surface area contributed by atoms with Gasteiger partial charge in [-0.1, -0.05) is 30.3 Å². The second-order valence-corrected chi connectivity index (χ2v) is 7.24. The summed E-state index contributed by atoms with van der Waals surface area (Å²) >= 11 is 1.74. The van der Waals surface area contributed by atoms with E-state index in [0.29, 0.717) is 6.54 Å². The van der Waals surface area contributed by atoms with E-state index in [1.54, 1.807) is 18.8 Å². The zero-order chi connectivity index (χ0) is 19.4. The number of carbonyl (C=O) groups is 1. The first-order chi connectivity index (χ1) is 13.0. The number of imidazole rings is 1. The summed E-state index contributed by atoms with van der Waals surface area (Å²) in [4.78, 5) is 40.6. The third-order valence-electron chi connectivity index (χ3n) is 4.21. The van der Waals surface area contributed by atoms with E-state index in [2.05, 4.69) is 22.4 Å². The second kappa shape index (κ2) is 8.26. The van der Waals surface area contributed by atoms with Crippen LogP contribution in [0.25, 0.3) is 11.2 Å². The molecule has 0 aliphatic heterocycles. The van der Waals surface area contributed by atoms with Crippen molar-refractivity contribution in [2.75, 3.05) is 12.3 Å². The lowest BCUT2D eigenvalue weighted by atomic mass is 10.2. The normalized spacial score (nSPS) is 11.0. The highest BCUT2D eigenvalue weighted by Crippen LogP contribution is 2.10. The molecule has 0 aliphatic carbocycles. The largest absolute Gasteiger partial charge is 0.354 e. The van der Waals surface area contributed by atoms with Gasteiger partial charge in [0.2, 0.25) is 5.91 Å². The molecule has 3 aromatic rings. The lowest BCUT2D eigenvalue weighted by Crippen LogP contribution is -2.38. The van der Waals surface area contributed by atoms with Crippen LogP contribution in [0.15, 0.2) is 46.2 Å².